The number of carbonyl (C=O) groups is 2. The van der Waals surface area contributed by atoms with Crippen molar-refractivity contribution in [3.8, 4) is 0 Å². The molecule has 5 nitrogen and oxygen atoms in total. The molecule has 0 amide bonds. The quantitative estimate of drug-likeness (QED) is 0.171. The number of Topliss-reactive ketones (excluding diaryl/α,β-unsaturated/α-hetero) is 1. The summed E-state index contributed by atoms with van der Waals surface area (Å²) in [6, 6.07) is 14.8. The number of unbranched alkanes of at least 4 members (excludes halogenated alkanes) is 1. The predicted octanol–water partition coefficient (Wildman–Crippen LogP) is 6.63. The number of hydrogen-bond donors (Lipinski definition) is 2. The maximum atomic E-state index is 11.6. The van der Waals surface area contributed by atoms with Crippen LogP contribution in [0.2, 0.25) is 5.02 Å². The molecule has 1 saturated carbocycles. The van der Waals surface area contributed by atoms with Gasteiger partial charge in [0.15, 0.2) is 5.78 Å². The van der Waals surface area contributed by atoms with Gasteiger partial charge in [0.05, 0.1) is 12.0 Å². The minimum absolute atomic E-state index is 0. The molecular formula is C32H39Cl2NO4S. The number of aldehydes is 1. The highest BCUT2D eigenvalue weighted by Crippen LogP contribution is 2.46. The third-order valence-corrected chi connectivity index (χ3v) is 8.11. The number of hydrogen-bond acceptors (Lipinski definition) is 6. The van der Waals surface area contributed by atoms with Gasteiger partial charge in [-0.25, -0.2) is 0 Å². The number of fused-ring (bicyclic) bond motifs is 2. The molecule has 0 aromatic heterocycles. The Bertz CT molecular complexity index is 1230. The van der Waals surface area contributed by atoms with Gasteiger partial charge in [0.25, 0.3) is 0 Å². The van der Waals surface area contributed by atoms with Crippen LogP contribution in [0.1, 0.15) is 43.7 Å². The molecule has 1 aliphatic carbocycles. The summed E-state index contributed by atoms with van der Waals surface area (Å²) in [6.07, 6.45) is 11.1. The lowest BCUT2D eigenvalue weighted by atomic mass is 9.76. The fraction of sp³-hybridized carbons (Fsp3) is 0.375. The number of aliphatic hydroxyl groups excluding tert-OH is 2. The number of halogens is 2. The fourth-order valence-corrected chi connectivity index (χ4v) is 5.86. The lowest BCUT2D eigenvalue weighted by molar-refractivity contribution is -0.146. The van der Waals surface area contributed by atoms with Gasteiger partial charge in [-0.3, -0.25) is 4.79 Å². The molecular weight excluding hydrogens is 565 g/mol. The van der Waals surface area contributed by atoms with E-state index in [1.54, 1.807) is 12.2 Å². The average molecular weight is 605 g/mol. The Morgan fingerprint density at radius 2 is 1.77 bits per heavy atom. The number of nitrogens with zero attached hydrogens (tertiary/aromatic N) is 1. The van der Waals surface area contributed by atoms with Crippen molar-refractivity contribution in [3.63, 3.8) is 0 Å². The van der Waals surface area contributed by atoms with Gasteiger partial charge in [-0.2, -0.15) is 0 Å². The largest absolute Gasteiger partial charge is 0.390 e. The molecule has 2 aromatic carbocycles. The second kappa shape index (κ2) is 16.9. The van der Waals surface area contributed by atoms with Crippen molar-refractivity contribution < 1.29 is 19.8 Å². The zero-order valence-corrected chi connectivity index (χ0v) is 25.6. The van der Waals surface area contributed by atoms with Gasteiger partial charge in [-0.05, 0) is 80.2 Å². The van der Waals surface area contributed by atoms with E-state index < -0.39 is 23.9 Å². The Labute approximate surface area is 253 Å². The van der Waals surface area contributed by atoms with E-state index in [2.05, 4.69) is 68.4 Å². The van der Waals surface area contributed by atoms with E-state index in [0.29, 0.717) is 6.29 Å². The normalized spacial score (nSPS) is 23.0. The van der Waals surface area contributed by atoms with E-state index >= 15 is 0 Å². The van der Waals surface area contributed by atoms with E-state index in [1.807, 2.05) is 30.0 Å². The molecule has 40 heavy (non-hydrogen) atoms. The predicted molar refractivity (Wildman–Crippen MR) is 167 cm³/mol. The van der Waals surface area contributed by atoms with Crippen molar-refractivity contribution >= 4 is 53.4 Å². The van der Waals surface area contributed by atoms with Crippen LogP contribution in [0.3, 0.4) is 0 Å². The highest BCUT2D eigenvalue weighted by Gasteiger charge is 2.41. The van der Waals surface area contributed by atoms with E-state index in [9.17, 15) is 19.8 Å². The topological polar surface area (TPSA) is 77.8 Å². The molecule has 0 bridgehead atoms. The molecule has 0 radical (unpaired) electrons. The first-order valence-corrected chi connectivity index (χ1v) is 14.6. The van der Waals surface area contributed by atoms with Crippen LogP contribution in [0.4, 0.5) is 0 Å². The monoisotopic (exact) mass is 603 g/mol. The first-order chi connectivity index (χ1) is 18.8. The zero-order chi connectivity index (χ0) is 28.4. The van der Waals surface area contributed by atoms with Gasteiger partial charge in [0, 0.05) is 21.4 Å². The Morgan fingerprint density at radius 1 is 1.05 bits per heavy atom. The van der Waals surface area contributed by atoms with Gasteiger partial charge < -0.3 is 19.9 Å². The van der Waals surface area contributed by atoms with Crippen LogP contribution in [-0.2, 0) is 9.59 Å². The first kappa shape index (κ1) is 34.0. The highest BCUT2D eigenvalue weighted by molar-refractivity contribution is 7.99. The SMILES string of the molecule is CCCC=CC=CC1CC(O)C(O)C(=O)C1C=O.CN(C)CCC=C1c2ccccc2Sc2ccc(Cl)cc21.Cl. The summed E-state index contributed by atoms with van der Waals surface area (Å²) >= 11 is 8.03. The summed E-state index contributed by atoms with van der Waals surface area (Å²) in [5, 5.41) is 19.7. The highest BCUT2D eigenvalue weighted by atomic mass is 35.5. The Morgan fingerprint density at radius 3 is 2.48 bits per heavy atom. The third-order valence-electron chi connectivity index (χ3n) is 6.72. The summed E-state index contributed by atoms with van der Waals surface area (Å²) in [4.78, 5) is 27.3. The second-order valence-electron chi connectivity index (χ2n) is 10.0. The second-order valence-corrected chi connectivity index (χ2v) is 11.5. The molecule has 1 aliphatic heterocycles. The van der Waals surface area contributed by atoms with Crippen LogP contribution in [0, 0.1) is 11.8 Å². The third kappa shape index (κ3) is 9.16. The van der Waals surface area contributed by atoms with Crippen molar-refractivity contribution in [3.05, 3.63) is 89.0 Å². The van der Waals surface area contributed by atoms with Crippen LogP contribution >= 0.6 is 35.8 Å². The summed E-state index contributed by atoms with van der Waals surface area (Å²) < 4.78 is 0. The molecule has 4 rings (SSSR count). The van der Waals surface area contributed by atoms with E-state index in [4.69, 9.17) is 11.6 Å². The lowest BCUT2D eigenvalue weighted by Gasteiger charge is -2.31. The number of carbonyl (C=O) groups excluding carboxylic acids is 2. The van der Waals surface area contributed by atoms with Crippen LogP contribution < -0.4 is 0 Å². The van der Waals surface area contributed by atoms with Crippen molar-refractivity contribution in [2.24, 2.45) is 11.8 Å². The minimum Gasteiger partial charge on any atom is -0.390 e. The summed E-state index contributed by atoms with van der Waals surface area (Å²) in [5.74, 6) is -1.77. The first-order valence-electron chi connectivity index (χ1n) is 13.4. The van der Waals surface area contributed by atoms with Crippen molar-refractivity contribution in [1.82, 2.24) is 4.90 Å². The Hall–Kier alpha value is -2.19. The van der Waals surface area contributed by atoms with Gasteiger partial charge in [-0.1, -0.05) is 85.3 Å². The molecule has 2 aliphatic rings. The molecule has 2 aromatic rings. The number of benzene rings is 2. The number of allylic oxidation sites excluding steroid dienone is 4. The molecule has 0 saturated heterocycles. The molecule has 2 N–H and O–H groups in total. The Kier molecular flexibility index (Phi) is 14.4. The number of ketones is 1. The summed E-state index contributed by atoms with van der Waals surface area (Å²) in [7, 11) is 4.21. The molecule has 8 heteroatoms. The van der Waals surface area contributed by atoms with Crippen LogP contribution in [0.5, 0.6) is 0 Å². The molecule has 1 fully saturated rings. The Balaban J connectivity index is 0.000000277. The summed E-state index contributed by atoms with van der Waals surface area (Å²) in [5.41, 5.74) is 3.88. The zero-order valence-electron chi connectivity index (χ0n) is 23.2. The molecule has 4 atom stereocenters. The molecule has 1 heterocycles. The van der Waals surface area contributed by atoms with Crippen molar-refractivity contribution in [1.29, 1.82) is 0 Å². The number of rotatable bonds is 8. The van der Waals surface area contributed by atoms with E-state index in [1.165, 1.54) is 26.5 Å². The summed E-state index contributed by atoms with van der Waals surface area (Å²) in [6.45, 7) is 3.13. The number of aliphatic hydroxyl groups is 2. The van der Waals surface area contributed by atoms with Crippen LogP contribution in [0.25, 0.3) is 5.57 Å². The maximum absolute atomic E-state index is 11.6. The standard InChI is InChI=1S/C18H18ClNS.C14H20O4.ClH/c1-20(2)11-5-7-14-15-6-3-4-8-17(15)21-18-10-9-13(19)12-16(14)18;1-2-3-4-5-6-7-10-8-12(16)14(18)13(17)11(10)9-15;/h3-4,6-10,12H,5,11H2,1-2H3;4-7,9-12,14,16,18H,2-3,8H2,1H3;1H. The maximum Gasteiger partial charge on any atom is 0.174 e. The van der Waals surface area contributed by atoms with E-state index in [0.717, 1.165) is 30.8 Å². The molecule has 4 unspecified atom stereocenters. The van der Waals surface area contributed by atoms with Gasteiger partial charge >= 0.3 is 0 Å². The van der Waals surface area contributed by atoms with Gasteiger partial charge in [-0.15, -0.1) is 12.4 Å². The van der Waals surface area contributed by atoms with Crippen LogP contribution in [-0.4, -0.2) is 60.0 Å². The van der Waals surface area contributed by atoms with Gasteiger partial charge in [0.1, 0.15) is 12.4 Å². The smallest absolute Gasteiger partial charge is 0.174 e. The minimum atomic E-state index is -1.43. The van der Waals surface area contributed by atoms with E-state index in [-0.39, 0.29) is 24.7 Å². The fourth-order valence-electron chi connectivity index (χ4n) is 4.60. The van der Waals surface area contributed by atoms with Gasteiger partial charge in [0.2, 0.25) is 0 Å². The van der Waals surface area contributed by atoms with Crippen molar-refractivity contribution in [2.75, 3.05) is 20.6 Å². The molecule has 216 valence electrons. The molecule has 0 spiro atoms. The lowest BCUT2D eigenvalue weighted by Crippen LogP contribution is -2.47. The average Bonchev–Trinajstić information content (AvgIpc) is 2.92. The van der Waals surface area contributed by atoms with Crippen molar-refractivity contribution in [2.45, 2.75) is 54.6 Å². The van der Waals surface area contributed by atoms with Crippen LogP contribution in [0.15, 0.2) is 82.6 Å².